The predicted octanol–water partition coefficient (Wildman–Crippen LogP) is 3.53. The fourth-order valence-corrected chi connectivity index (χ4v) is 5.12. The monoisotopic (exact) mass is 578 g/mol. The van der Waals surface area contributed by atoms with Crippen LogP contribution in [0.4, 0.5) is 4.79 Å². The summed E-state index contributed by atoms with van der Waals surface area (Å²) in [5.74, 6) is -1.78. The van der Waals surface area contributed by atoms with E-state index in [4.69, 9.17) is 14.2 Å². The molecule has 3 N–H and O–H groups in total. The lowest BCUT2D eigenvalue weighted by molar-refractivity contribution is -0.166. The molecule has 2 aromatic rings. The van der Waals surface area contributed by atoms with Gasteiger partial charge >= 0.3 is 18.0 Å². The van der Waals surface area contributed by atoms with E-state index >= 15 is 0 Å². The molecule has 0 spiro atoms. The lowest BCUT2D eigenvalue weighted by Gasteiger charge is -2.30. The third-order valence-corrected chi connectivity index (χ3v) is 7.09. The fraction of sp³-hybridized carbons (Fsp3) is 0.500. The van der Waals surface area contributed by atoms with Gasteiger partial charge in [0.05, 0.1) is 19.8 Å². The van der Waals surface area contributed by atoms with Gasteiger partial charge in [0, 0.05) is 25.7 Å². The SMILES string of the molecule is CCOC(=O)C(Cc1ccc2c(c1)Cc1cc(CCNC3N=CCN3)ccc1-2)(NC(=O)OCC(C)(C)C)C(=O)OCC. The van der Waals surface area contributed by atoms with Gasteiger partial charge in [-0.25, -0.2) is 14.4 Å². The number of hydrogen-bond acceptors (Lipinski definition) is 9. The summed E-state index contributed by atoms with van der Waals surface area (Å²) >= 11 is 0. The number of alkyl carbamates (subject to hydrolysis) is 1. The minimum atomic E-state index is -2.10. The first-order chi connectivity index (χ1) is 20.0. The van der Waals surface area contributed by atoms with Crippen molar-refractivity contribution in [3.05, 3.63) is 58.7 Å². The van der Waals surface area contributed by atoms with Crippen LogP contribution in [0.1, 0.15) is 56.9 Å². The van der Waals surface area contributed by atoms with Crippen LogP contribution in [0.3, 0.4) is 0 Å². The number of carbonyl (C=O) groups is 3. The Morgan fingerprint density at radius 2 is 1.55 bits per heavy atom. The van der Waals surface area contributed by atoms with Crippen LogP contribution in [0.2, 0.25) is 0 Å². The molecule has 0 radical (unpaired) electrons. The molecule has 1 unspecified atom stereocenters. The fourth-order valence-electron chi connectivity index (χ4n) is 5.12. The largest absolute Gasteiger partial charge is 0.464 e. The van der Waals surface area contributed by atoms with E-state index in [-0.39, 0.29) is 37.9 Å². The molecule has 1 aliphatic carbocycles. The number of nitrogens with zero attached hydrogens (tertiary/aromatic N) is 1. The maximum absolute atomic E-state index is 13.3. The number of carbonyl (C=O) groups excluding carboxylic acids is 3. The number of fused-ring (bicyclic) bond motifs is 3. The van der Waals surface area contributed by atoms with E-state index in [1.807, 2.05) is 45.2 Å². The van der Waals surface area contributed by atoms with Crippen LogP contribution in [-0.4, -0.2) is 69.0 Å². The van der Waals surface area contributed by atoms with Gasteiger partial charge in [-0.1, -0.05) is 57.2 Å². The first-order valence-corrected chi connectivity index (χ1v) is 14.6. The maximum atomic E-state index is 13.3. The summed E-state index contributed by atoms with van der Waals surface area (Å²) in [6, 6.07) is 12.4. The average Bonchev–Trinajstić information content (AvgIpc) is 3.58. The first-order valence-electron chi connectivity index (χ1n) is 14.6. The molecule has 0 bridgehead atoms. The second-order valence-corrected chi connectivity index (χ2v) is 11.8. The van der Waals surface area contributed by atoms with Gasteiger partial charge in [0.1, 0.15) is 0 Å². The van der Waals surface area contributed by atoms with Crippen molar-refractivity contribution in [2.75, 3.05) is 32.9 Å². The highest BCUT2D eigenvalue weighted by Gasteiger charge is 2.51. The molecular formula is C32H42N4O6. The second-order valence-electron chi connectivity index (χ2n) is 11.8. The predicted molar refractivity (Wildman–Crippen MR) is 160 cm³/mol. The number of nitrogens with one attached hydrogen (secondary N) is 3. The molecule has 226 valence electrons. The highest BCUT2D eigenvalue weighted by atomic mass is 16.6. The van der Waals surface area contributed by atoms with Crippen LogP contribution >= 0.6 is 0 Å². The summed E-state index contributed by atoms with van der Waals surface area (Å²) in [5, 5.41) is 9.16. The summed E-state index contributed by atoms with van der Waals surface area (Å²) in [6.45, 7) is 10.8. The second kappa shape index (κ2) is 13.5. The first kappa shape index (κ1) is 31.2. The molecule has 2 aromatic carbocycles. The molecular weight excluding hydrogens is 536 g/mol. The molecule has 0 aromatic heterocycles. The van der Waals surface area contributed by atoms with E-state index in [0.29, 0.717) is 5.56 Å². The number of hydrogen-bond donors (Lipinski definition) is 3. The van der Waals surface area contributed by atoms with E-state index in [2.05, 4.69) is 39.1 Å². The standard InChI is InChI=1S/C32H42N4O6/c1-6-40-27(37)32(28(38)41-7-2,36-30(39)42-20-31(3,4)5)19-22-9-11-26-24(17-22)18-23-16-21(8-10-25(23)26)12-13-33-29-34-14-15-35-29/h8-11,14,16-17,29,33,35H,6-7,12-13,15,18-20H2,1-5H3,(H,36,39). The van der Waals surface area contributed by atoms with Crippen molar-refractivity contribution < 1.29 is 28.6 Å². The van der Waals surface area contributed by atoms with Gasteiger partial charge in [0.15, 0.2) is 6.29 Å². The van der Waals surface area contributed by atoms with Crippen molar-refractivity contribution in [3.63, 3.8) is 0 Å². The van der Waals surface area contributed by atoms with Crippen LogP contribution in [0.25, 0.3) is 11.1 Å². The Morgan fingerprint density at radius 1 is 0.929 bits per heavy atom. The van der Waals surface area contributed by atoms with Gasteiger partial charge in [-0.15, -0.1) is 0 Å². The Morgan fingerprint density at radius 3 is 2.12 bits per heavy atom. The molecule has 1 aliphatic heterocycles. The van der Waals surface area contributed by atoms with Crippen LogP contribution in [0, 0.1) is 5.41 Å². The van der Waals surface area contributed by atoms with E-state index in [9.17, 15) is 14.4 Å². The molecule has 0 saturated carbocycles. The van der Waals surface area contributed by atoms with Gasteiger partial charge in [-0.2, -0.15) is 0 Å². The molecule has 10 nitrogen and oxygen atoms in total. The summed E-state index contributed by atoms with van der Waals surface area (Å²) < 4.78 is 15.9. The van der Waals surface area contributed by atoms with E-state index in [1.54, 1.807) is 13.8 Å². The lowest BCUT2D eigenvalue weighted by Crippen LogP contribution is -2.63. The van der Waals surface area contributed by atoms with Crippen LogP contribution < -0.4 is 16.0 Å². The summed E-state index contributed by atoms with van der Waals surface area (Å²) in [7, 11) is 0. The minimum absolute atomic E-state index is 0.0201. The molecule has 0 fully saturated rings. The van der Waals surface area contributed by atoms with Crippen molar-refractivity contribution in [1.29, 1.82) is 0 Å². The molecule has 2 aliphatic rings. The molecule has 1 atom stereocenters. The minimum Gasteiger partial charge on any atom is -0.464 e. The van der Waals surface area contributed by atoms with E-state index < -0.39 is 23.6 Å². The van der Waals surface area contributed by atoms with Crippen LogP contribution in [0.5, 0.6) is 0 Å². The molecule has 1 amide bonds. The Labute approximate surface area is 247 Å². The number of rotatable bonds is 12. The summed E-state index contributed by atoms with van der Waals surface area (Å²) in [4.78, 5) is 43.9. The summed E-state index contributed by atoms with van der Waals surface area (Å²) in [5.41, 5.74) is 4.10. The zero-order valence-electron chi connectivity index (χ0n) is 25.2. The Kier molecular flexibility index (Phi) is 10.0. The van der Waals surface area contributed by atoms with Gasteiger partial charge in [0.25, 0.3) is 0 Å². The molecule has 4 rings (SSSR count). The average molecular weight is 579 g/mol. The van der Waals surface area contributed by atoms with E-state index in [1.165, 1.54) is 16.7 Å². The smallest absolute Gasteiger partial charge is 0.408 e. The number of aliphatic imine (C=N–C) groups is 1. The van der Waals surface area contributed by atoms with Gasteiger partial charge < -0.3 is 14.2 Å². The van der Waals surface area contributed by atoms with Crippen molar-refractivity contribution in [2.45, 2.75) is 65.7 Å². The topological polar surface area (TPSA) is 127 Å². The van der Waals surface area contributed by atoms with E-state index in [0.717, 1.165) is 37.1 Å². The highest BCUT2D eigenvalue weighted by Crippen LogP contribution is 2.38. The quantitative estimate of drug-likeness (QED) is 0.169. The van der Waals surface area contributed by atoms with Gasteiger partial charge in [-0.3, -0.25) is 20.9 Å². The summed E-state index contributed by atoms with van der Waals surface area (Å²) in [6.07, 6.45) is 2.41. The number of ether oxygens (including phenoxy) is 3. The third kappa shape index (κ3) is 7.54. The molecule has 1 heterocycles. The lowest BCUT2D eigenvalue weighted by atomic mass is 9.89. The van der Waals surface area contributed by atoms with Crippen molar-refractivity contribution in [1.82, 2.24) is 16.0 Å². The zero-order chi connectivity index (χ0) is 30.3. The number of esters is 2. The van der Waals surface area contributed by atoms with Crippen LogP contribution in [-0.2, 0) is 43.1 Å². The normalized spacial score (nSPS) is 15.6. The van der Waals surface area contributed by atoms with Gasteiger partial charge in [-0.05, 0) is 65.5 Å². The molecule has 10 heteroatoms. The van der Waals surface area contributed by atoms with Crippen LogP contribution in [0.15, 0.2) is 41.4 Å². The molecule has 42 heavy (non-hydrogen) atoms. The van der Waals surface area contributed by atoms with Crippen molar-refractivity contribution in [2.24, 2.45) is 10.4 Å². The number of amides is 1. The zero-order valence-corrected chi connectivity index (χ0v) is 25.2. The van der Waals surface area contributed by atoms with Gasteiger partial charge in [0.2, 0.25) is 5.54 Å². The van der Waals surface area contributed by atoms with Crippen molar-refractivity contribution in [3.8, 4) is 11.1 Å². The Balaban J connectivity index is 1.54. The van der Waals surface area contributed by atoms with Crippen molar-refractivity contribution >= 4 is 24.2 Å². The number of benzene rings is 2. The Hall–Kier alpha value is -3.76. The third-order valence-electron chi connectivity index (χ3n) is 7.09. The molecule has 0 saturated heterocycles. The maximum Gasteiger partial charge on any atom is 0.408 e. The highest BCUT2D eigenvalue weighted by molar-refractivity contribution is 6.07. The Bertz CT molecular complexity index is 1310.